The Bertz CT molecular complexity index is 2880. The molecule has 10 nitrogen and oxygen atoms in total. The summed E-state index contributed by atoms with van der Waals surface area (Å²) in [5.74, 6) is 1.02. The Labute approximate surface area is 329 Å². The van der Waals surface area contributed by atoms with E-state index in [4.69, 9.17) is 17.8 Å². The van der Waals surface area contributed by atoms with Gasteiger partial charge in [0.1, 0.15) is 11.5 Å². The van der Waals surface area contributed by atoms with Gasteiger partial charge in [0.15, 0.2) is 11.5 Å². The molecule has 0 saturated carbocycles. The van der Waals surface area contributed by atoms with Crippen LogP contribution in [-0.2, 0) is 20.8 Å². The molecule has 0 unspecified atom stereocenters. The van der Waals surface area contributed by atoms with E-state index in [2.05, 4.69) is 0 Å². The molecule has 0 saturated heterocycles. The second-order valence-corrected chi connectivity index (χ2v) is 13.6. The maximum atomic E-state index is 12.1. The van der Waals surface area contributed by atoms with Crippen LogP contribution in [0.2, 0.25) is 0 Å². The van der Waals surface area contributed by atoms with E-state index in [1.54, 1.807) is 50.6 Å². The molecule has 240 valence electrons. The van der Waals surface area contributed by atoms with Gasteiger partial charge in [0.05, 0.1) is 14.2 Å². The second-order valence-electron chi connectivity index (χ2n) is 11.6. The summed E-state index contributed by atoms with van der Waals surface area (Å²) >= 11 is 0. The average Bonchev–Trinajstić information content (AvgIpc) is 3.06. The Morgan fingerprint density at radius 2 is 0.760 bits per heavy atom. The standard InChI is InChI=1S/C36H22O10S2.2Na/c1-43-27-15-25-17-7-3-5-9-21(17)35(45-47(37,38)39)23-13-11-19-20-12-14-24-30-26(18-8-4-6-10-22(18)36(24)46-48(40,41)42)16-28(44-2)34(32(20)30)33(27)31(19)29(23)25;;/h3-16H,1-2H3,(H,37,38,39)(H,40,41,42);;. The van der Waals surface area contributed by atoms with Gasteiger partial charge in [0, 0.05) is 113 Å². The predicted octanol–water partition coefficient (Wildman–Crippen LogP) is 7.41. The fourth-order valence-corrected chi connectivity index (χ4v) is 8.44. The summed E-state index contributed by atoms with van der Waals surface area (Å²) in [6.07, 6.45) is 0. The van der Waals surface area contributed by atoms with Crippen LogP contribution in [0.1, 0.15) is 0 Å². The van der Waals surface area contributed by atoms with Gasteiger partial charge in [-0.3, -0.25) is 9.11 Å². The van der Waals surface area contributed by atoms with Gasteiger partial charge in [-0.2, -0.15) is 16.8 Å². The van der Waals surface area contributed by atoms with Gasteiger partial charge >= 0.3 is 20.8 Å². The van der Waals surface area contributed by atoms with Crippen LogP contribution in [0.5, 0.6) is 23.0 Å². The zero-order chi connectivity index (χ0) is 33.3. The molecular weight excluding hydrogens is 703 g/mol. The maximum Gasteiger partial charge on any atom is 0.446 e. The summed E-state index contributed by atoms with van der Waals surface area (Å²) in [7, 11) is -6.64. The smallest absolute Gasteiger partial charge is 0.446 e. The summed E-state index contributed by atoms with van der Waals surface area (Å²) < 4.78 is 90.8. The molecular formula is C36H22Na2O10S2. The zero-order valence-corrected chi connectivity index (χ0v) is 32.7. The van der Waals surface area contributed by atoms with E-state index < -0.39 is 20.8 Å². The van der Waals surface area contributed by atoms with E-state index in [-0.39, 0.29) is 70.6 Å². The van der Waals surface area contributed by atoms with Crippen molar-refractivity contribution in [1.82, 2.24) is 0 Å². The quantitative estimate of drug-likeness (QED) is 0.0770. The largest absolute Gasteiger partial charge is 0.496 e. The molecule has 0 bridgehead atoms. The third-order valence-corrected chi connectivity index (χ3v) is 10.0. The topological polar surface area (TPSA) is 146 Å². The minimum atomic E-state index is -4.89. The van der Waals surface area contributed by atoms with Crippen molar-refractivity contribution in [1.29, 1.82) is 0 Å². The van der Waals surface area contributed by atoms with Gasteiger partial charge in [-0.15, -0.1) is 0 Å². The van der Waals surface area contributed by atoms with Crippen molar-refractivity contribution in [2.45, 2.75) is 0 Å². The van der Waals surface area contributed by atoms with Gasteiger partial charge in [-0.25, -0.2) is 0 Å². The number of hydrogen-bond donors (Lipinski definition) is 2. The summed E-state index contributed by atoms with van der Waals surface area (Å²) in [6, 6.07) is 25.4. The summed E-state index contributed by atoms with van der Waals surface area (Å²) in [6.45, 7) is 0. The van der Waals surface area contributed by atoms with Crippen LogP contribution < -0.4 is 17.8 Å². The van der Waals surface area contributed by atoms with Crippen LogP contribution in [0, 0.1) is 0 Å². The minimum absolute atomic E-state index is 0. The molecule has 50 heavy (non-hydrogen) atoms. The normalized spacial score (nSPS) is 12.4. The molecule has 0 aromatic heterocycles. The molecule has 9 aromatic rings. The Balaban J connectivity index is 0.00000196. The van der Waals surface area contributed by atoms with E-state index in [0.717, 1.165) is 32.3 Å². The number of hydrogen-bond acceptors (Lipinski definition) is 8. The number of benzene rings is 9. The first kappa shape index (κ1) is 35.0. The van der Waals surface area contributed by atoms with Gasteiger partial charge in [0.2, 0.25) is 0 Å². The van der Waals surface area contributed by atoms with Crippen LogP contribution in [0.3, 0.4) is 0 Å². The zero-order valence-electron chi connectivity index (χ0n) is 27.1. The molecule has 2 radical (unpaired) electrons. The Kier molecular flexibility index (Phi) is 8.47. The van der Waals surface area contributed by atoms with Gasteiger partial charge < -0.3 is 17.8 Å². The molecule has 0 atom stereocenters. The van der Waals surface area contributed by atoms with Gasteiger partial charge in [0.25, 0.3) is 0 Å². The predicted molar refractivity (Wildman–Crippen MR) is 198 cm³/mol. The molecule has 14 heteroatoms. The van der Waals surface area contributed by atoms with E-state index in [1.165, 1.54) is 0 Å². The first-order valence-corrected chi connectivity index (χ1v) is 17.4. The third-order valence-electron chi connectivity index (χ3n) is 9.26. The van der Waals surface area contributed by atoms with E-state index >= 15 is 0 Å². The van der Waals surface area contributed by atoms with Crippen molar-refractivity contribution in [2.24, 2.45) is 0 Å². The van der Waals surface area contributed by atoms with Crippen molar-refractivity contribution in [3.63, 3.8) is 0 Å². The van der Waals surface area contributed by atoms with Crippen LogP contribution in [0.15, 0.2) is 84.9 Å². The van der Waals surface area contributed by atoms with E-state index in [1.807, 2.05) is 48.5 Å². The molecule has 0 amide bonds. The van der Waals surface area contributed by atoms with Crippen molar-refractivity contribution < 1.29 is 43.8 Å². The van der Waals surface area contributed by atoms with Gasteiger partial charge in [-0.1, -0.05) is 60.7 Å². The van der Waals surface area contributed by atoms with Crippen LogP contribution in [0.25, 0.3) is 86.2 Å². The first-order valence-electron chi connectivity index (χ1n) is 14.6. The summed E-state index contributed by atoms with van der Waals surface area (Å²) in [5.41, 5.74) is 0. The minimum Gasteiger partial charge on any atom is -0.496 e. The molecule has 0 fully saturated rings. The molecule has 0 aliphatic carbocycles. The SMILES string of the molecule is COc1cc2c3ccccc3c(OS(=O)(=O)O)c3ccc4c5ccc6c(OS(=O)(=O)O)c7ccccc7c7cc(OC)c(c1c4c32)c5c67.[Na].[Na]. The molecule has 0 spiro atoms. The first-order chi connectivity index (χ1) is 23.0. The van der Waals surface area contributed by atoms with Crippen molar-refractivity contribution >= 4 is 166 Å². The monoisotopic (exact) mass is 724 g/mol. The van der Waals surface area contributed by atoms with Crippen molar-refractivity contribution in [3.8, 4) is 23.0 Å². The van der Waals surface area contributed by atoms with Gasteiger partial charge in [-0.05, 0) is 56.6 Å². The summed E-state index contributed by atoms with van der Waals surface area (Å²) in [5, 5.41) is 10.6. The van der Waals surface area contributed by atoms with Crippen LogP contribution in [-0.4, -0.2) is 99.3 Å². The Hall–Kier alpha value is -3.40. The van der Waals surface area contributed by atoms with Crippen molar-refractivity contribution in [2.75, 3.05) is 14.2 Å². The fourth-order valence-electron chi connectivity index (χ4n) is 7.66. The second kappa shape index (κ2) is 12.1. The number of fused-ring (bicyclic) bond motifs is 6. The number of methoxy groups -OCH3 is 2. The molecule has 0 aliphatic rings. The molecule has 9 rings (SSSR count). The molecule has 2 N–H and O–H groups in total. The molecule has 9 aromatic carbocycles. The summed E-state index contributed by atoms with van der Waals surface area (Å²) in [4.78, 5) is 0. The van der Waals surface area contributed by atoms with Crippen LogP contribution in [0.4, 0.5) is 0 Å². The van der Waals surface area contributed by atoms with E-state index in [9.17, 15) is 25.9 Å². The molecule has 0 aliphatic heterocycles. The maximum absolute atomic E-state index is 12.1. The average molecular weight is 725 g/mol. The van der Waals surface area contributed by atoms with Crippen LogP contribution >= 0.6 is 0 Å². The fraction of sp³-hybridized carbons (Fsp3) is 0.0556. The van der Waals surface area contributed by atoms with E-state index in [0.29, 0.717) is 65.4 Å². The Morgan fingerprint density at radius 3 is 1.10 bits per heavy atom. The molecule has 0 heterocycles. The number of rotatable bonds is 6. The Morgan fingerprint density at radius 1 is 0.420 bits per heavy atom. The third kappa shape index (κ3) is 4.97. The number of ether oxygens (including phenoxy) is 2. The van der Waals surface area contributed by atoms with Crippen molar-refractivity contribution in [3.05, 3.63) is 84.9 Å².